The maximum Gasteiger partial charge on any atom is 0.147 e. The third-order valence-corrected chi connectivity index (χ3v) is 2.97. The van der Waals surface area contributed by atoms with Gasteiger partial charge >= 0.3 is 0 Å². The summed E-state index contributed by atoms with van der Waals surface area (Å²) in [5.74, 6) is 1.50. The molecule has 0 spiro atoms. The monoisotopic (exact) mass is 221 g/mol. The van der Waals surface area contributed by atoms with Gasteiger partial charge in [-0.15, -0.1) is 0 Å². The lowest BCUT2D eigenvalue weighted by Crippen LogP contribution is -2.24. The average Bonchev–Trinajstić information content (AvgIpc) is 2.35. The second-order valence-corrected chi connectivity index (χ2v) is 4.19. The molecule has 1 aromatic heterocycles. The summed E-state index contributed by atoms with van der Waals surface area (Å²) in [6, 6.07) is 0. The fourth-order valence-electron chi connectivity index (χ4n) is 1.66. The van der Waals surface area contributed by atoms with Crippen LogP contribution in [0.25, 0.3) is 0 Å². The minimum absolute atomic E-state index is 0.503. The molecule has 0 saturated heterocycles. The van der Waals surface area contributed by atoms with Crippen LogP contribution in [0.15, 0.2) is 12.4 Å². The lowest BCUT2D eigenvalue weighted by molar-refractivity contribution is 0.698. The molecule has 1 aromatic rings. The Labute approximate surface area is 98.9 Å². The minimum atomic E-state index is 0.503. The van der Waals surface area contributed by atoms with Gasteiger partial charge in [-0.2, -0.15) is 0 Å². The highest BCUT2D eigenvalue weighted by Crippen LogP contribution is 2.17. The predicted octanol–water partition coefficient (Wildman–Crippen LogP) is 3.23. The van der Waals surface area contributed by atoms with Crippen LogP contribution in [0, 0.1) is 0 Å². The summed E-state index contributed by atoms with van der Waals surface area (Å²) < 4.78 is 0. The molecule has 3 heteroatoms. The fraction of sp³-hybridized carbons (Fsp3) is 0.692. The summed E-state index contributed by atoms with van der Waals surface area (Å²) in [7, 11) is 0. The van der Waals surface area contributed by atoms with E-state index in [9.17, 15) is 0 Å². The maximum atomic E-state index is 4.50. The van der Waals surface area contributed by atoms with Crippen LogP contribution in [0.1, 0.15) is 52.1 Å². The van der Waals surface area contributed by atoms with Gasteiger partial charge < -0.3 is 4.90 Å². The largest absolute Gasteiger partial charge is 0.356 e. The van der Waals surface area contributed by atoms with Crippen LogP contribution < -0.4 is 4.90 Å². The van der Waals surface area contributed by atoms with E-state index in [4.69, 9.17) is 0 Å². The summed E-state index contributed by atoms with van der Waals surface area (Å²) in [6.45, 7) is 10.7. The van der Waals surface area contributed by atoms with Crippen molar-refractivity contribution in [2.75, 3.05) is 18.0 Å². The van der Waals surface area contributed by atoms with E-state index in [-0.39, 0.29) is 0 Å². The SMILES string of the molecule is CCCN(CC)c1cnc(C(C)CC)cn1. The van der Waals surface area contributed by atoms with Crippen molar-refractivity contribution in [3.05, 3.63) is 18.1 Å². The molecular formula is C13H23N3. The zero-order valence-corrected chi connectivity index (χ0v) is 10.9. The molecule has 0 amide bonds. The number of nitrogens with zero attached hydrogens (tertiary/aromatic N) is 3. The molecule has 0 fully saturated rings. The molecular weight excluding hydrogens is 198 g/mol. The van der Waals surface area contributed by atoms with Gasteiger partial charge in [0.05, 0.1) is 18.1 Å². The van der Waals surface area contributed by atoms with Crippen LogP contribution in [-0.4, -0.2) is 23.1 Å². The number of aromatic nitrogens is 2. The zero-order chi connectivity index (χ0) is 12.0. The van der Waals surface area contributed by atoms with Crippen LogP contribution >= 0.6 is 0 Å². The molecule has 0 aromatic carbocycles. The molecule has 1 atom stereocenters. The van der Waals surface area contributed by atoms with Crippen LogP contribution in [0.2, 0.25) is 0 Å². The van der Waals surface area contributed by atoms with Gasteiger partial charge in [-0.3, -0.25) is 4.98 Å². The number of hydrogen-bond acceptors (Lipinski definition) is 3. The van der Waals surface area contributed by atoms with E-state index in [0.29, 0.717) is 5.92 Å². The van der Waals surface area contributed by atoms with Gasteiger partial charge in [-0.1, -0.05) is 20.8 Å². The quantitative estimate of drug-likeness (QED) is 0.738. The molecule has 0 saturated carbocycles. The van der Waals surface area contributed by atoms with Crippen molar-refractivity contribution >= 4 is 5.82 Å². The highest BCUT2D eigenvalue weighted by molar-refractivity contribution is 5.35. The molecule has 0 N–H and O–H groups in total. The van der Waals surface area contributed by atoms with E-state index in [1.807, 2.05) is 12.4 Å². The Balaban J connectivity index is 2.76. The minimum Gasteiger partial charge on any atom is -0.356 e. The second kappa shape index (κ2) is 6.46. The van der Waals surface area contributed by atoms with Crippen molar-refractivity contribution < 1.29 is 0 Å². The summed E-state index contributed by atoms with van der Waals surface area (Å²) in [4.78, 5) is 11.3. The van der Waals surface area contributed by atoms with Gasteiger partial charge in [0.15, 0.2) is 0 Å². The molecule has 1 unspecified atom stereocenters. The van der Waals surface area contributed by atoms with E-state index in [2.05, 4.69) is 42.6 Å². The molecule has 0 aliphatic heterocycles. The van der Waals surface area contributed by atoms with E-state index in [1.165, 1.54) is 0 Å². The van der Waals surface area contributed by atoms with Crippen LogP contribution in [0.4, 0.5) is 5.82 Å². The van der Waals surface area contributed by atoms with Crippen molar-refractivity contribution in [2.24, 2.45) is 0 Å². The first-order valence-electron chi connectivity index (χ1n) is 6.29. The third-order valence-electron chi connectivity index (χ3n) is 2.97. The Morgan fingerprint density at radius 2 is 1.94 bits per heavy atom. The summed E-state index contributed by atoms with van der Waals surface area (Å²) >= 11 is 0. The summed E-state index contributed by atoms with van der Waals surface area (Å²) in [5.41, 5.74) is 1.10. The average molecular weight is 221 g/mol. The van der Waals surface area contributed by atoms with Gasteiger partial charge in [0.1, 0.15) is 5.82 Å². The van der Waals surface area contributed by atoms with Crippen molar-refractivity contribution in [1.82, 2.24) is 9.97 Å². The van der Waals surface area contributed by atoms with Gasteiger partial charge in [-0.05, 0) is 25.7 Å². The normalized spacial score (nSPS) is 12.5. The van der Waals surface area contributed by atoms with E-state index in [1.54, 1.807) is 0 Å². The van der Waals surface area contributed by atoms with E-state index >= 15 is 0 Å². The van der Waals surface area contributed by atoms with E-state index in [0.717, 1.165) is 37.4 Å². The molecule has 0 radical (unpaired) electrons. The molecule has 90 valence electrons. The third kappa shape index (κ3) is 3.19. The van der Waals surface area contributed by atoms with Gasteiger partial charge in [0.25, 0.3) is 0 Å². The lowest BCUT2D eigenvalue weighted by Gasteiger charge is -2.21. The molecule has 0 aliphatic rings. The smallest absolute Gasteiger partial charge is 0.147 e. The highest BCUT2D eigenvalue weighted by Gasteiger charge is 2.08. The van der Waals surface area contributed by atoms with Gasteiger partial charge in [-0.25, -0.2) is 4.98 Å². The summed E-state index contributed by atoms with van der Waals surface area (Å²) in [5, 5.41) is 0. The maximum absolute atomic E-state index is 4.50. The Hall–Kier alpha value is -1.12. The van der Waals surface area contributed by atoms with Crippen molar-refractivity contribution in [3.63, 3.8) is 0 Å². The Bertz CT molecular complexity index is 295. The first-order chi connectivity index (χ1) is 7.72. The van der Waals surface area contributed by atoms with Crippen molar-refractivity contribution in [3.8, 4) is 0 Å². The molecule has 1 heterocycles. The zero-order valence-electron chi connectivity index (χ0n) is 10.9. The van der Waals surface area contributed by atoms with Crippen LogP contribution in [0.5, 0.6) is 0 Å². The Kier molecular flexibility index (Phi) is 5.23. The Morgan fingerprint density at radius 3 is 2.38 bits per heavy atom. The van der Waals surface area contributed by atoms with Crippen molar-refractivity contribution in [1.29, 1.82) is 0 Å². The topological polar surface area (TPSA) is 29.0 Å². The molecule has 1 rings (SSSR count). The van der Waals surface area contributed by atoms with Crippen LogP contribution in [0.3, 0.4) is 0 Å². The molecule has 0 bridgehead atoms. The number of rotatable bonds is 6. The van der Waals surface area contributed by atoms with E-state index < -0.39 is 0 Å². The number of anilines is 1. The van der Waals surface area contributed by atoms with Crippen molar-refractivity contribution in [2.45, 2.75) is 46.5 Å². The molecule has 3 nitrogen and oxygen atoms in total. The second-order valence-electron chi connectivity index (χ2n) is 4.19. The van der Waals surface area contributed by atoms with Crippen LogP contribution in [-0.2, 0) is 0 Å². The molecule has 0 aliphatic carbocycles. The standard InChI is InChI=1S/C13H23N3/c1-5-8-16(7-3)13-10-14-12(9-15-13)11(4)6-2/h9-11H,5-8H2,1-4H3. The predicted molar refractivity (Wildman–Crippen MR) is 68.9 cm³/mol. The molecule has 16 heavy (non-hydrogen) atoms. The first-order valence-corrected chi connectivity index (χ1v) is 6.29. The fourth-order valence-corrected chi connectivity index (χ4v) is 1.66. The Morgan fingerprint density at radius 1 is 1.19 bits per heavy atom. The van der Waals surface area contributed by atoms with Gasteiger partial charge in [0, 0.05) is 13.1 Å². The summed E-state index contributed by atoms with van der Waals surface area (Å²) in [6.07, 6.45) is 6.07. The highest BCUT2D eigenvalue weighted by atomic mass is 15.2. The lowest BCUT2D eigenvalue weighted by atomic mass is 10.1. The number of hydrogen-bond donors (Lipinski definition) is 0. The van der Waals surface area contributed by atoms with Gasteiger partial charge in [0.2, 0.25) is 0 Å². The first kappa shape index (κ1) is 12.9.